The van der Waals surface area contributed by atoms with Gasteiger partial charge in [0.1, 0.15) is 12.0 Å². The fourth-order valence-corrected chi connectivity index (χ4v) is 5.11. The summed E-state index contributed by atoms with van der Waals surface area (Å²) in [7, 11) is 2.12. The molecule has 3 amide bonds. The zero-order valence-corrected chi connectivity index (χ0v) is 24.7. The van der Waals surface area contributed by atoms with Gasteiger partial charge in [-0.2, -0.15) is 4.99 Å². The maximum Gasteiger partial charge on any atom is 0.347 e. The van der Waals surface area contributed by atoms with Gasteiger partial charge in [-0.3, -0.25) is 9.69 Å². The van der Waals surface area contributed by atoms with Crippen LogP contribution in [-0.4, -0.2) is 85.5 Å². The minimum atomic E-state index is -0.379. The van der Waals surface area contributed by atoms with Crippen molar-refractivity contribution in [2.75, 3.05) is 64.0 Å². The molecule has 10 nitrogen and oxygen atoms in total. The van der Waals surface area contributed by atoms with Crippen LogP contribution in [0, 0.1) is 0 Å². The van der Waals surface area contributed by atoms with Gasteiger partial charge < -0.3 is 30.3 Å². The van der Waals surface area contributed by atoms with Crippen molar-refractivity contribution in [1.82, 2.24) is 14.7 Å². The summed E-state index contributed by atoms with van der Waals surface area (Å²) in [6.45, 7) is 5.63. The largest absolute Gasteiger partial charge is 0.488 e. The molecule has 2 aromatic carbocycles. The molecule has 0 atom stereocenters. The Morgan fingerprint density at radius 1 is 1.07 bits per heavy atom. The Morgan fingerprint density at radius 3 is 2.60 bits per heavy atom. The number of nitrogens with two attached hydrogens (primary N) is 1. The number of rotatable bonds is 9. The number of nitrogens with zero attached hydrogens (tertiary/aromatic N) is 4. The van der Waals surface area contributed by atoms with E-state index in [0.717, 1.165) is 51.1 Å². The summed E-state index contributed by atoms with van der Waals surface area (Å²) in [6.07, 6.45) is 10.5. The van der Waals surface area contributed by atoms with Gasteiger partial charge in [0.05, 0.1) is 11.4 Å². The number of carbonyl (C=O) groups excluding carboxylic acids is 2. The van der Waals surface area contributed by atoms with E-state index in [1.807, 2.05) is 24.3 Å². The Bertz CT molecular complexity index is 1410. The molecule has 3 N–H and O–H groups in total. The molecule has 0 spiro atoms. The summed E-state index contributed by atoms with van der Waals surface area (Å²) < 4.78 is 11.6. The number of para-hydroxylation sites is 2. The summed E-state index contributed by atoms with van der Waals surface area (Å²) in [5.41, 5.74) is 9.68. The highest BCUT2D eigenvalue weighted by Gasteiger charge is 2.21. The zero-order valence-electron chi connectivity index (χ0n) is 24.7. The molecule has 0 aromatic heterocycles. The Hall–Kier alpha value is -4.41. The molecule has 1 fully saturated rings. The van der Waals surface area contributed by atoms with Gasteiger partial charge in [-0.25, -0.2) is 4.79 Å². The van der Waals surface area contributed by atoms with Crippen LogP contribution in [-0.2, 0) is 16.0 Å². The third-order valence-electron chi connectivity index (χ3n) is 7.74. The summed E-state index contributed by atoms with van der Waals surface area (Å²) in [5.74, 6) is 0.651. The number of piperazine rings is 1. The van der Waals surface area contributed by atoms with Crippen molar-refractivity contribution < 1.29 is 19.1 Å². The molecule has 0 unspecified atom stereocenters. The van der Waals surface area contributed by atoms with Crippen LogP contribution < -0.4 is 11.1 Å². The molecule has 1 saturated heterocycles. The molecule has 0 bridgehead atoms. The van der Waals surface area contributed by atoms with Gasteiger partial charge in [0.25, 0.3) is 5.91 Å². The van der Waals surface area contributed by atoms with E-state index in [1.165, 1.54) is 5.57 Å². The number of allylic oxidation sites excluding steroid dienone is 4. The standard InChI is InChI=1S/C33H40N6O4/c1-37-15-17-38(18-16-37)19-20-39(33(41)36-31-24-42-23-28(43-31)21-25-7-3-2-4-8-25)22-26-11-13-27(14-12-26)32(40)35-30-10-6-5-9-29(30)34/h2-3,5-7,9-14,23H,4,8,15-22,24,34H2,1H3,(H,35,40). The average molecular weight is 585 g/mol. The number of hydrogen-bond donors (Lipinski definition) is 2. The van der Waals surface area contributed by atoms with Crippen LogP contribution in [0.5, 0.6) is 0 Å². The normalized spacial score (nSPS) is 18.3. The average Bonchev–Trinajstić information content (AvgIpc) is 3.02. The fourth-order valence-electron chi connectivity index (χ4n) is 5.11. The number of likely N-dealkylation sites (N-methyl/N-ethyl adjacent to an activating group) is 1. The second-order valence-electron chi connectivity index (χ2n) is 11.1. The van der Waals surface area contributed by atoms with Gasteiger partial charge in [0.15, 0.2) is 6.61 Å². The van der Waals surface area contributed by atoms with E-state index in [-0.39, 0.29) is 24.4 Å². The van der Waals surface area contributed by atoms with E-state index in [0.29, 0.717) is 42.2 Å². The van der Waals surface area contributed by atoms with Crippen LogP contribution in [0.3, 0.4) is 0 Å². The molecule has 5 rings (SSSR count). The first-order valence-corrected chi connectivity index (χ1v) is 14.8. The SMILES string of the molecule is CN1CCN(CCN(Cc2ccc(C(=O)Nc3ccccc3N)cc2)C(=O)N=C2COC=C(CC3=CC=CCC3)O2)CC1. The highest BCUT2D eigenvalue weighted by atomic mass is 16.6. The summed E-state index contributed by atoms with van der Waals surface area (Å²) in [4.78, 5) is 37.0. The van der Waals surface area contributed by atoms with Crippen LogP contribution >= 0.6 is 0 Å². The first kappa shape index (κ1) is 30.1. The molecule has 2 aromatic rings. The number of amides is 3. The van der Waals surface area contributed by atoms with E-state index >= 15 is 0 Å². The minimum absolute atomic E-state index is 0.107. The van der Waals surface area contributed by atoms with Crippen molar-refractivity contribution in [1.29, 1.82) is 0 Å². The zero-order chi connectivity index (χ0) is 30.0. The van der Waals surface area contributed by atoms with Gasteiger partial charge in [0.2, 0.25) is 5.90 Å². The van der Waals surface area contributed by atoms with Crippen molar-refractivity contribution in [2.45, 2.75) is 25.8 Å². The van der Waals surface area contributed by atoms with Crippen molar-refractivity contribution >= 4 is 29.2 Å². The molecular formula is C33H40N6O4. The Labute approximate surface area is 253 Å². The lowest BCUT2D eigenvalue weighted by molar-refractivity contribution is 0.102. The van der Waals surface area contributed by atoms with Gasteiger partial charge in [-0.05, 0) is 49.7 Å². The Kier molecular flexibility index (Phi) is 10.2. The third kappa shape index (κ3) is 8.79. The van der Waals surface area contributed by atoms with E-state index in [4.69, 9.17) is 15.2 Å². The Morgan fingerprint density at radius 2 is 1.86 bits per heavy atom. The number of aliphatic imine (C=N–C) groups is 1. The summed E-state index contributed by atoms with van der Waals surface area (Å²) in [6, 6.07) is 14.0. The van der Waals surface area contributed by atoms with Gasteiger partial charge >= 0.3 is 6.03 Å². The van der Waals surface area contributed by atoms with Crippen LogP contribution in [0.25, 0.3) is 0 Å². The lowest BCUT2D eigenvalue weighted by Crippen LogP contribution is -2.47. The van der Waals surface area contributed by atoms with E-state index in [2.05, 4.69) is 45.4 Å². The first-order chi connectivity index (χ1) is 20.9. The number of hydrogen-bond acceptors (Lipinski definition) is 7. The molecule has 2 aliphatic heterocycles. The highest BCUT2D eigenvalue weighted by Crippen LogP contribution is 2.23. The quantitative estimate of drug-likeness (QED) is 0.413. The minimum Gasteiger partial charge on any atom is -0.488 e. The Balaban J connectivity index is 1.24. The summed E-state index contributed by atoms with van der Waals surface area (Å²) in [5, 5.41) is 2.85. The molecule has 2 heterocycles. The lowest BCUT2D eigenvalue weighted by atomic mass is 10.0. The number of ether oxygens (including phenoxy) is 2. The number of anilines is 2. The van der Waals surface area contributed by atoms with Crippen molar-refractivity contribution in [3.8, 4) is 0 Å². The second kappa shape index (κ2) is 14.7. The van der Waals surface area contributed by atoms with Gasteiger partial charge in [0, 0.05) is 57.8 Å². The number of carbonyl (C=O) groups is 2. The monoisotopic (exact) mass is 584 g/mol. The fraction of sp³-hybridized carbons (Fsp3) is 0.364. The van der Waals surface area contributed by atoms with Gasteiger partial charge in [-0.1, -0.05) is 48.1 Å². The van der Waals surface area contributed by atoms with Gasteiger partial charge in [-0.15, -0.1) is 0 Å². The van der Waals surface area contributed by atoms with Crippen LogP contribution in [0.2, 0.25) is 0 Å². The first-order valence-electron chi connectivity index (χ1n) is 14.8. The number of nitrogen functional groups attached to an aromatic ring is 1. The molecule has 3 aliphatic rings. The topological polar surface area (TPSA) is 113 Å². The summed E-state index contributed by atoms with van der Waals surface area (Å²) >= 11 is 0. The molecule has 0 radical (unpaired) electrons. The predicted octanol–water partition coefficient (Wildman–Crippen LogP) is 4.64. The maximum atomic E-state index is 13.5. The molecule has 43 heavy (non-hydrogen) atoms. The van der Waals surface area contributed by atoms with E-state index in [9.17, 15) is 9.59 Å². The molecule has 1 aliphatic carbocycles. The van der Waals surface area contributed by atoms with E-state index < -0.39 is 0 Å². The van der Waals surface area contributed by atoms with Crippen molar-refractivity contribution in [3.05, 3.63) is 95.5 Å². The number of urea groups is 1. The maximum absolute atomic E-state index is 13.5. The van der Waals surface area contributed by atoms with E-state index in [1.54, 1.807) is 35.4 Å². The van der Waals surface area contributed by atoms with Crippen LogP contribution in [0.4, 0.5) is 16.2 Å². The van der Waals surface area contributed by atoms with Crippen LogP contribution in [0.15, 0.2) is 89.3 Å². The van der Waals surface area contributed by atoms with Crippen molar-refractivity contribution in [2.24, 2.45) is 4.99 Å². The molecule has 226 valence electrons. The number of nitrogens with one attached hydrogen (secondary N) is 1. The number of benzene rings is 2. The lowest BCUT2D eigenvalue weighted by Gasteiger charge is -2.33. The van der Waals surface area contributed by atoms with Crippen molar-refractivity contribution in [3.63, 3.8) is 0 Å². The highest BCUT2D eigenvalue weighted by molar-refractivity contribution is 6.05. The molecular weight excluding hydrogens is 544 g/mol. The third-order valence-corrected chi connectivity index (χ3v) is 7.74. The smallest absolute Gasteiger partial charge is 0.347 e. The van der Waals surface area contributed by atoms with Crippen LogP contribution in [0.1, 0.15) is 35.2 Å². The predicted molar refractivity (Wildman–Crippen MR) is 169 cm³/mol. The molecule has 0 saturated carbocycles. The molecule has 10 heteroatoms. The second-order valence-corrected chi connectivity index (χ2v) is 11.1.